The summed E-state index contributed by atoms with van der Waals surface area (Å²) in [5.74, 6) is 0.864. The third-order valence-electron chi connectivity index (χ3n) is 7.01. The first-order chi connectivity index (χ1) is 15.2. The molecular formula is C25H38N4O2. The average molecular weight is 427 g/mol. The van der Waals surface area contributed by atoms with Crippen LogP contribution in [0.5, 0.6) is 5.75 Å². The maximum absolute atomic E-state index is 13.1. The number of ether oxygens (including phenoxy) is 1. The van der Waals surface area contributed by atoms with Crippen molar-refractivity contribution in [2.45, 2.75) is 64.0 Å². The van der Waals surface area contributed by atoms with Gasteiger partial charge in [0.2, 0.25) is 0 Å². The molecule has 2 heterocycles. The summed E-state index contributed by atoms with van der Waals surface area (Å²) in [5.41, 5.74) is 0.966. The molecule has 6 heteroatoms. The van der Waals surface area contributed by atoms with Gasteiger partial charge in [-0.3, -0.25) is 14.0 Å². The SMILES string of the molecule is CCCCOc1ccc(-n2ccn(C3CCC(N4CCCN(C)CC4)CC3)c2=O)cc1. The Morgan fingerprint density at radius 1 is 0.935 bits per heavy atom. The second-order valence-electron chi connectivity index (χ2n) is 9.21. The van der Waals surface area contributed by atoms with Crippen LogP contribution in [0.1, 0.15) is 57.9 Å². The standard InChI is InChI=1S/C25H38N4O2/c1-3-4-20-31-24-12-10-23(11-13-24)29-19-18-28(25(29)30)22-8-6-21(7-9-22)27-15-5-14-26(2)16-17-27/h10-13,18-19,21-22H,3-9,14-17,20H2,1-2H3. The molecule has 0 N–H and O–H groups in total. The Labute approximate surface area is 186 Å². The second kappa shape index (κ2) is 10.5. The third-order valence-corrected chi connectivity index (χ3v) is 7.01. The lowest BCUT2D eigenvalue weighted by Crippen LogP contribution is -2.41. The summed E-state index contributed by atoms with van der Waals surface area (Å²) in [7, 11) is 2.23. The van der Waals surface area contributed by atoms with Crippen molar-refractivity contribution in [2.75, 3.05) is 39.8 Å². The lowest BCUT2D eigenvalue weighted by Gasteiger charge is -2.36. The van der Waals surface area contributed by atoms with Crippen LogP contribution in [0.4, 0.5) is 0 Å². The first-order valence-corrected chi connectivity index (χ1v) is 12.1. The maximum atomic E-state index is 13.1. The van der Waals surface area contributed by atoms with Crippen molar-refractivity contribution in [3.63, 3.8) is 0 Å². The van der Waals surface area contributed by atoms with Gasteiger partial charge in [-0.25, -0.2) is 4.79 Å². The van der Waals surface area contributed by atoms with Gasteiger partial charge in [0, 0.05) is 37.6 Å². The van der Waals surface area contributed by atoms with Crippen molar-refractivity contribution in [3.8, 4) is 11.4 Å². The largest absolute Gasteiger partial charge is 0.494 e. The van der Waals surface area contributed by atoms with Crippen LogP contribution < -0.4 is 10.4 Å². The lowest BCUT2D eigenvalue weighted by atomic mass is 9.90. The summed E-state index contributed by atoms with van der Waals surface area (Å²) in [6, 6.07) is 8.86. The fourth-order valence-electron chi connectivity index (χ4n) is 5.04. The summed E-state index contributed by atoms with van der Waals surface area (Å²) >= 11 is 0. The van der Waals surface area contributed by atoms with Crippen LogP contribution in [0.3, 0.4) is 0 Å². The molecular weight excluding hydrogens is 388 g/mol. The molecule has 4 rings (SSSR count). The number of nitrogens with zero attached hydrogens (tertiary/aromatic N) is 4. The zero-order chi connectivity index (χ0) is 21.6. The van der Waals surface area contributed by atoms with Crippen molar-refractivity contribution in [1.82, 2.24) is 18.9 Å². The molecule has 31 heavy (non-hydrogen) atoms. The predicted molar refractivity (Wildman–Crippen MR) is 125 cm³/mol. The Balaban J connectivity index is 1.36. The van der Waals surface area contributed by atoms with Crippen LogP contribution in [0.2, 0.25) is 0 Å². The summed E-state index contributed by atoms with van der Waals surface area (Å²) in [6.45, 7) is 7.67. The van der Waals surface area contributed by atoms with Gasteiger partial charge in [0.1, 0.15) is 5.75 Å². The van der Waals surface area contributed by atoms with Crippen molar-refractivity contribution < 1.29 is 4.74 Å². The molecule has 2 aromatic rings. The lowest BCUT2D eigenvalue weighted by molar-refractivity contribution is 0.141. The summed E-state index contributed by atoms with van der Waals surface area (Å²) in [4.78, 5) is 18.2. The van der Waals surface area contributed by atoms with Crippen LogP contribution in [0.15, 0.2) is 41.5 Å². The summed E-state index contributed by atoms with van der Waals surface area (Å²) in [5, 5.41) is 0. The van der Waals surface area contributed by atoms with Crippen molar-refractivity contribution >= 4 is 0 Å². The molecule has 1 saturated heterocycles. The molecule has 0 spiro atoms. The first-order valence-electron chi connectivity index (χ1n) is 12.1. The van der Waals surface area contributed by atoms with Gasteiger partial charge in [0.25, 0.3) is 0 Å². The highest BCUT2D eigenvalue weighted by Gasteiger charge is 2.28. The molecule has 1 aromatic carbocycles. The molecule has 1 aromatic heterocycles. The summed E-state index contributed by atoms with van der Waals surface area (Å²) < 4.78 is 9.46. The minimum Gasteiger partial charge on any atom is -0.494 e. The molecule has 0 radical (unpaired) electrons. The number of rotatable bonds is 7. The van der Waals surface area contributed by atoms with Crippen LogP contribution in [0, 0.1) is 0 Å². The van der Waals surface area contributed by atoms with E-state index in [4.69, 9.17) is 4.74 Å². The zero-order valence-electron chi connectivity index (χ0n) is 19.2. The summed E-state index contributed by atoms with van der Waals surface area (Å²) in [6.07, 6.45) is 11.9. The highest BCUT2D eigenvalue weighted by atomic mass is 16.5. The first kappa shape index (κ1) is 22.2. The van der Waals surface area contributed by atoms with Gasteiger partial charge in [-0.2, -0.15) is 0 Å². The molecule has 0 amide bonds. The molecule has 2 aliphatic rings. The zero-order valence-corrected chi connectivity index (χ0v) is 19.2. The third kappa shape index (κ3) is 5.42. The smallest absolute Gasteiger partial charge is 0.332 e. The van der Waals surface area contributed by atoms with Gasteiger partial charge >= 0.3 is 5.69 Å². The van der Waals surface area contributed by atoms with E-state index < -0.39 is 0 Å². The highest BCUT2D eigenvalue weighted by Crippen LogP contribution is 2.31. The van der Waals surface area contributed by atoms with E-state index in [1.54, 1.807) is 4.57 Å². The van der Waals surface area contributed by atoms with Gasteiger partial charge in [0.15, 0.2) is 0 Å². The minimum atomic E-state index is 0.0690. The fraction of sp³-hybridized carbons (Fsp3) is 0.640. The van der Waals surface area contributed by atoms with Crippen molar-refractivity contribution in [2.24, 2.45) is 0 Å². The number of unbranched alkanes of at least 4 members (excludes halogenated alkanes) is 1. The van der Waals surface area contributed by atoms with Crippen LogP contribution in [-0.4, -0.2) is 64.8 Å². The quantitative estimate of drug-likeness (QED) is 0.629. The highest BCUT2D eigenvalue weighted by molar-refractivity contribution is 5.37. The minimum absolute atomic E-state index is 0.0690. The Kier molecular flexibility index (Phi) is 7.51. The normalized spacial score (nSPS) is 23.5. The molecule has 1 aliphatic heterocycles. The van der Waals surface area contributed by atoms with E-state index in [0.717, 1.165) is 43.7 Å². The van der Waals surface area contributed by atoms with Gasteiger partial charge in [-0.15, -0.1) is 0 Å². The molecule has 0 bridgehead atoms. The number of likely N-dealkylation sites (N-methyl/N-ethyl adjacent to an activating group) is 1. The van der Waals surface area contributed by atoms with Gasteiger partial charge in [-0.05, 0) is 82.9 Å². The molecule has 1 saturated carbocycles. The Bertz CT molecular complexity index is 864. The average Bonchev–Trinajstić information content (AvgIpc) is 3.04. The number of imidazole rings is 1. The van der Waals surface area contributed by atoms with Gasteiger partial charge < -0.3 is 9.64 Å². The number of aromatic nitrogens is 2. The molecule has 170 valence electrons. The molecule has 1 aliphatic carbocycles. The van der Waals surface area contributed by atoms with E-state index in [9.17, 15) is 4.79 Å². The Morgan fingerprint density at radius 3 is 2.42 bits per heavy atom. The topological polar surface area (TPSA) is 42.6 Å². The monoisotopic (exact) mass is 426 g/mol. The second-order valence-corrected chi connectivity index (χ2v) is 9.21. The van der Waals surface area contributed by atoms with E-state index >= 15 is 0 Å². The predicted octanol–water partition coefficient (Wildman–Crippen LogP) is 3.94. The Morgan fingerprint density at radius 2 is 1.68 bits per heavy atom. The maximum Gasteiger partial charge on any atom is 0.332 e. The van der Waals surface area contributed by atoms with Gasteiger partial charge in [0.05, 0.1) is 12.3 Å². The Hall–Kier alpha value is -2.05. The van der Waals surface area contributed by atoms with Crippen molar-refractivity contribution in [3.05, 3.63) is 47.1 Å². The number of hydrogen-bond acceptors (Lipinski definition) is 4. The van der Waals surface area contributed by atoms with E-state index in [0.29, 0.717) is 12.1 Å². The van der Waals surface area contributed by atoms with E-state index in [-0.39, 0.29) is 5.69 Å². The van der Waals surface area contributed by atoms with Crippen LogP contribution in [-0.2, 0) is 0 Å². The van der Waals surface area contributed by atoms with E-state index in [1.807, 2.05) is 41.2 Å². The molecule has 0 unspecified atom stereocenters. The fourth-order valence-corrected chi connectivity index (χ4v) is 5.04. The number of hydrogen-bond donors (Lipinski definition) is 0. The molecule has 2 fully saturated rings. The molecule has 0 atom stereocenters. The van der Waals surface area contributed by atoms with Crippen molar-refractivity contribution in [1.29, 1.82) is 0 Å². The number of benzene rings is 1. The van der Waals surface area contributed by atoms with Crippen LogP contribution in [0.25, 0.3) is 5.69 Å². The van der Waals surface area contributed by atoms with E-state index in [1.165, 1.54) is 45.4 Å². The van der Waals surface area contributed by atoms with Gasteiger partial charge in [-0.1, -0.05) is 13.3 Å². The van der Waals surface area contributed by atoms with Crippen LogP contribution >= 0.6 is 0 Å². The van der Waals surface area contributed by atoms with E-state index in [2.05, 4.69) is 23.8 Å². The molecule has 6 nitrogen and oxygen atoms in total.